The number of nitrogens with zero attached hydrogens (tertiary/aromatic N) is 4. The first-order valence-corrected chi connectivity index (χ1v) is 11.2. The highest BCUT2D eigenvalue weighted by molar-refractivity contribution is 7.08. The number of hydrogen-bond donors (Lipinski definition) is 0. The lowest BCUT2D eigenvalue weighted by molar-refractivity contribution is 0.429. The lowest BCUT2D eigenvalue weighted by atomic mass is 9.95. The molecule has 0 fully saturated rings. The van der Waals surface area contributed by atoms with Crippen molar-refractivity contribution in [3.05, 3.63) is 69.9 Å². The van der Waals surface area contributed by atoms with Gasteiger partial charge in [0.15, 0.2) is 0 Å². The molecular weight excluding hydrogens is 428 g/mol. The molecule has 7 heteroatoms. The number of benzene rings is 2. The zero-order chi connectivity index (χ0) is 22.5. The molecule has 0 radical (unpaired) electrons. The first-order chi connectivity index (χ1) is 14.8. The molecule has 5 nitrogen and oxygen atoms in total. The SMILES string of the molecule is Cc1cc(N=CN(C)C(C)C)c(Cl)cc1Oc1snc(C(C)c2ccccc2)c1C#N. The van der Waals surface area contributed by atoms with Crippen molar-refractivity contribution in [1.29, 1.82) is 5.26 Å². The summed E-state index contributed by atoms with van der Waals surface area (Å²) in [5, 5.41) is 10.7. The summed E-state index contributed by atoms with van der Waals surface area (Å²) in [6.07, 6.45) is 1.76. The number of aliphatic imine (C=N–C) groups is 1. The van der Waals surface area contributed by atoms with E-state index < -0.39 is 0 Å². The van der Waals surface area contributed by atoms with E-state index in [0.717, 1.165) is 16.8 Å². The Labute approximate surface area is 192 Å². The number of aromatic nitrogens is 1. The van der Waals surface area contributed by atoms with Crippen LogP contribution >= 0.6 is 23.1 Å². The molecule has 0 aliphatic carbocycles. The van der Waals surface area contributed by atoms with Gasteiger partial charge in [-0.05, 0) is 38.0 Å². The van der Waals surface area contributed by atoms with Gasteiger partial charge in [0.05, 0.1) is 22.7 Å². The molecule has 1 heterocycles. The van der Waals surface area contributed by atoms with Crippen molar-refractivity contribution in [1.82, 2.24) is 9.27 Å². The van der Waals surface area contributed by atoms with Crippen LogP contribution in [0.1, 0.15) is 49.1 Å². The van der Waals surface area contributed by atoms with Crippen LogP contribution in [-0.2, 0) is 0 Å². The maximum Gasteiger partial charge on any atom is 0.218 e. The van der Waals surface area contributed by atoms with Crippen LogP contribution in [-0.4, -0.2) is 28.7 Å². The molecule has 0 bridgehead atoms. The van der Waals surface area contributed by atoms with Crippen molar-refractivity contribution >= 4 is 35.2 Å². The molecule has 160 valence electrons. The van der Waals surface area contributed by atoms with Gasteiger partial charge in [0, 0.05) is 36.6 Å². The van der Waals surface area contributed by atoms with Crippen LogP contribution in [0.2, 0.25) is 5.02 Å². The van der Waals surface area contributed by atoms with Gasteiger partial charge in [-0.15, -0.1) is 0 Å². The molecule has 1 atom stereocenters. The van der Waals surface area contributed by atoms with Crippen LogP contribution in [0.25, 0.3) is 0 Å². The average Bonchev–Trinajstić information content (AvgIpc) is 3.17. The molecule has 0 aliphatic rings. The van der Waals surface area contributed by atoms with Crippen LogP contribution < -0.4 is 4.74 Å². The van der Waals surface area contributed by atoms with E-state index in [1.807, 2.05) is 62.2 Å². The fourth-order valence-electron chi connectivity index (χ4n) is 2.90. The molecule has 0 amide bonds. The maximum absolute atomic E-state index is 9.78. The second kappa shape index (κ2) is 9.95. The fraction of sp³-hybridized carbons (Fsp3) is 0.292. The fourth-order valence-corrected chi connectivity index (χ4v) is 3.90. The van der Waals surface area contributed by atoms with Crippen LogP contribution in [0.3, 0.4) is 0 Å². The van der Waals surface area contributed by atoms with Gasteiger partial charge in [-0.1, -0.05) is 48.9 Å². The molecule has 0 aliphatic heterocycles. The van der Waals surface area contributed by atoms with Gasteiger partial charge in [0.2, 0.25) is 5.06 Å². The first kappa shape index (κ1) is 22.8. The van der Waals surface area contributed by atoms with E-state index in [1.54, 1.807) is 12.4 Å². The molecule has 2 aromatic carbocycles. The third-order valence-corrected chi connectivity index (χ3v) is 6.19. The van der Waals surface area contributed by atoms with Crippen molar-refractivity contribution in [2.75, 3.05) is 7.05 Å². The zero-order valence-electron chi connectivity index (χ0n) is 18.3. The Morgan fingerprint density at radius 1 is 1.23 bits per heavy atom. The largest absolute Gasteiger partial charge is 0.443 e. The molecular formula is C24H25ClN4OS. The first-order valence-electron chi connectivity index (χ1n) is 10.0. The molecule has 31 heavy (non-hydrogen) atoms. The smallest absolute Gasteiger partial charge is 0.218 e. The van der Waals surface area contributed by atoms with Crippen LogP contribution in [0, 0.1) is 18.3 Å². The van der Waals surface area contributed by atoms with Gasteiger partial charge in [-0.25, -0.2) is 4.99 Å². The minimum atomic E-state index is -0.0104. The van der Waals surface area contributed by atoms with Crippen LogP contribution in [0.15, 0.2) is 47.5 Å². The molecule has 1 aromatic heterocycles. The highest BCUT2D eigenvalue weighted by atomic mass is 35.5. The minimum Gasteiger partial charge on any atom is -0.443 e. The van der Waals surface area contributed by atoms with Crippen LogP contribution in [0.5, 0.6) is 10.8 Å². The van der Waals surface area contributed by atoms with Crippen molar-refractivity contribution < 1.29 is 4.74 Å². The van der Waals surface area contributed by atoms with Crippen molar-refractivity contribution in [3.63, 3.8) is 0 Å². The van der Waals surface area contributed by atoms with E-state index >= 15 is 0 Å². The van der Waals surface area contributed by atoms with Gasteiger partial charge in [0.1, 0.15) is 17.4 Å². The summed E-state index contributed by atoms with van der Waals surface area (Å²) in [6.45, 7) is 8.14. The molecule has 0 spiro atoms. The summed E-state index contributed by atoms with van der Waals surface area (Å²) in [5.41, 5.74) is 3.82. The third kappa shape index (κ3) is 5.25. The molecule has 1 unspecified atom stereocenters. The second-order valence-electron chi connectivity index (χ2n) is 7.65. The van der Waals surface area contributed by atoms with E-state index in [0.29, 0.717) is 33.1 Å². The van der Waals surface area contributed by atoms with Gasteiger partial charge in [-0.3, -0.25) is 0 Å². The molecule has 3 rings (SSSR count). The predicted octanol–water partition coefficient (Wildman–Crippen LogP) is 6.92. The van der Waals surface area contributed by atoms with Crippen molar-refractivity contribution in [2.45, 2.75) is 39.7 Å². The van der Waals surface area contributed by atoms with Gasteiger partial charge >= 0.3 is 0 Å². The predicted molar refractivity (Wildman–Crippen MR) is 128 cm³/mol. The Morgan fingerprint density at radius 3 is 2.58 bits per heavy atom. The normalized spacial score (nSPS) is 12.2. The highest BCUT2D eigenvalue weighted by Gasteiger charge is 2.22. The van der Waals surface area contributed by atoms with Crippen LogP contribution in [0.4, 0.5) is 5.69 Å². The Balaban J connectivity index is 1.87. The monoisotopic (exact) mass is 452 g/mol. The van der Waals surface area contributed by atoms with E-state index in [2.05, 4.69) is 29.3 Å². The number of halogens is 1. The summed E-state index contributed by atoms with van der Waals surface area (Å²) < 4.78 is 10.6. The third-order valence-electron chi connectivity index (χ3n) is 5.15. The second-order valence-corrected chi connectivity index (χ2v) is 8.79. The summed E-state index contributed by atoms with van der Waals surface area (Å²) in [7, 11) is 1.97. The average molecular weight is 453 g/mol. The molecule has 0 saturated carbocycles. The molecule has 0 N–H and O–H groups in total. The summed E-state index contributed by atoms with van der Waals surface area (Å²) in [5.74, 6) is 0.573. The Bertz CT molecular complexity index is 1120. The lowest BCUT2D eigenvalue weighted by Crippen LogP contribution is -2.24. The van der Waals surface area contributed by atoms with Crippen molar-refractivity contribution in [3.8, 4) is 16.9 Å². The lowest BCUT2D eigenvalue weighted by Gasteiger charge is -2.17. The molecule has 0 saturated heterocycles. The zero-order valence-corrected chi connectivity index (χ0v) is 19.8. The summed E-state index contributed by atoms with van der Waals surface area (Å²) in [6, 6.07) is 16.2. The van der Waals surface area contributed by atoms with Crippen molar-refractivity contribution in [2.24, 2.45) is 4.99 Å². The minimum absolute atomic E-state index is 0.0104. The Morgan fingerprint density at radius 2 is 1.94 bits per heavy atom. The highest BCUT2D eigenvalue weighted by Crippen LogP contribution is 2.40. The number of hydrogen-bond acceptors (Lipinski definition) is 5. The quantitative estimate of drug-likeness (QED) is 0.288. The van der Waals surface area contributed by atoms with E-state index in [9.17, 15) is 5.26 Å². The van der Waals surface area contributed by atoms with Gasteiger partial charge < -0.3 is 9.64 Å². The van der Waals surface area contributed by atoms with Gasteiger partial charge in [0.25, 0.3) is 0 Å². The molecule has 3 aromatic rings. The number of nitriles is 1. The van der Waals surface area contributed by atoms with Gasteiger partial charge in [-0.2, -0.15) is 9.64 Å². The standard InChI is InChI=1S/C24H25ClN4OS/c1-15(2)29(5)14-27-21-11-16(3)22(12-20(21)25)30-24-19(13-26)23(28-31-24)17(4)18-9-7-6-8-10-18/h6-12,14-15,17H,1-5H3. The number of rotatable bonds is 7. The topological polar surface area (TPSA) is 61.5 Å². The Hall–Kier alpha value is -2.88. The van der Waals surface area contributed by atoms with E-state index in [4.69, 9.17) is 16.3 Å². The summed E-state index contributed by atoms with van der Waals surface area (Å²) >= 11 is 7.63. The number of aryl methyl sites for hydroxylation is 1. The maximum atomic E-state index is 9.78. The van der Waals surface area contributed by atoms with E-state index in [1.165, 1.54) is 11.5 Å². The summed E-state index contributed by atoms with van der Waals surface area (Å²) in [4.78, 5) is 6.48. The number of ether oxygens (including phenoxy) is 1. The van der Waals surface area contributed by atoms with E-state index in [-0.39, 0.29) is 5.92 Å². The Kier molecular flexibility index (Phi) is 7.32.